The zero-order chi connectivity index (χ0) is 18.6. The van der Waals surface area contributed by atoms with Crippen LogP contribution in [0.3, 0.4) is 0 Å². The fraction of sp³-hybridized carbons (Fsp3) is 0.944. The van der Waals surface area contributed by atoms with Crippen LogP contribution in [-0.2, 0) is 22.8 Å². The molecule has 7 heteroatoms. The van der Waals surface area contributed by atoms with Crippen LogP contribution < -0.4 is 0 Å². The van der Waals surface area contributed by atoms with E-state index in [1.165, 1.54) is 19.3 Å². The summed E-state index contributed by atoms with van der Waals surface area (Å²) in [5.74, 6) is 0.631. The largest absolute Gasteiger partial charge is 0.501 e. The summed E-state index contributed by atoms with van der Waals surface area (Å²) in [6.07, 6.45) is 7.63. The lowest BCUT2D eigenvalue weighted by atomic mass is 10.0. The van der Waals surface area contributed by atoms with E-state index in [9.17, 15) is 4.79 Å². The normalized spacial score (nSPS) is 26.6. The zero-order valence-electron chi connectivity index (χ0n) is 16.2. The summed E-state index contributed by atoms with van der Waals surface area (Å²) in [6.45, 7) is 7.43. The summed E-state index contributed by atoms with van der Waals surface area (Å²) >= 11 is 4.26. The highest BCUT2D eigenvalue weighted by Gasteiger charge is 2.50. The second kappa shape index (κ2) is 12.3. The van der Waals surface area contributed by atoms with Crippen LogP contribution in [0.1, 0.15) is 72.1 Å². The Hall–Kier alpha value is -0.0831. The van der Waals surface area contributed by atoms with Crippen LogP contribution in [0.15, 0.2) is 0 Å². The maximum Gasteiger partial charge on any atom is 0.501 e. The molecule has 1 aliphatic rings. The first-order valence-corrected chi connectivity index (χ1v) is 12.4. The minimum atomic E-state index is -2.64. The first-order valence-electron chi connectivity index (χ1n) is 9.80. The highest BCUT2D eigenvalue weighted by molar-refractivity contribution is 7.80. The van der Waals surface area contributed by atoms with Crippen molar-refractivity contribution in [1.29, 1.82) is 0 Å². The zero-order valence-corrected chi connectivity index (χ0v) is 18.1. The molecule has 0 aromatic heterocycles. The Labute approximate surface area is 159 Å². The number of rotatable bonds is 13. The highest BCUT2D eigenvalue weighted by Crippen LogP contribution is 2.31. The van der Waals surface area contributed by atoms with Crippen LogP contribution >= 0.6 is 12.6 Å². The Morgan fingerprint density at radius 2 is 1.76 bits per heavy atom. The maximum atomic E-state index is 12.2. The Bertz CT molecular complexity index is 372. The fourth-order valence-corrected chi connectivity index (χ4v) is 6.04. The van der Waals surface area contributed by atoms with Crippen molar-refractivity contribution in [2.45, 2.75) is 83.8 Å². The second-order valence-corrected chi connectivity index (χ2v) is 9.87. The molecule has 0 spiro atoms. The first-order chi connectivity index (χ1) is 12.1. The smallest absolute Gasteiger partial charge is 0.454 e. The van der Waals surface area contributed by atoms with E-state index < -0.39 is 14.4 Å². The van der Waals surface area contributed by atoms with Gasteiger partial charge in [0.05, 0.1) is 13.2 Å². The minimum absolute atomic E-state index is 0.147. The molecule has 1 aliphatic heterocycles. The molecule has 0 atom stereocenters. The molecule has 0 N–H and O–H groups in total. The summed E-state index contributed by atoms with van der Waals surface area (Å²) in [5, 5.41) is 0. The molecule has 0 saturated carbocycles. The van der Waals surface area contributed by atoms with Gasteiger partial charge in [-0.25, -0.2) is 0 Å². The molecule has 0 radical (unpaired) electrons. The van der Waals surface area contributed by atoms with E-state index in [-0.39, 0.29) is 5.97 Å². The third kappa shape index (κ3) is 7.99. The Balaban J connectivity index is 2.48. The van der Waals surface area contributed by atoms with Gasteiger partial charge in [0.2, 0.25) is 0 Å². The molecule has 148 valence electrons. The van der Waals surface area contributed by atoms with Gasteiger partial charge >= 0.3 is 14.8 Å². The van der Waals surface area contributed by atoms with Gasteiger partial charge in [0.15, 0.2) is 5.60 Å². The number of esters is 1. The molecule has 5 nitrogen and oxygen atoms in total. The van der Waals surface area contributed by atoms with E-state index in [2.05, 4.69) is 19.6 Å². The quantitative estimate of drug-likeness (QED) is 0.218. The van der Waals surface area contributed by atoms with Crippen molar-refractivity contribution in [2.24, 2.45) is 0 Å². The number of hydrogen-bond acceptors (Lipinski definition) is 6. The van der Waals surface area contributed by atoms with E-state index in [1.54, 1.807) is 0 Å². The molecule has 0 bridgehead atoms. The van der Waals surface area contributed by atoms with Crippen LogP contribution in [0.25, 0.3) is 0 Å². The van der Waals surface area contributed by atoms with Gasteiger partial charge in [0, 0.05) is 19.1 Å². The Kier molecular flexibility index (Phi) is 11.3. The van der Waals surface area contributed by atoms with Gasteiger partial charge in [0.1, 0.15) is 0 Å². The van der Waals surface area contributed by atoms with Crippen LogP contribution in [0, 0.1) is 0 Å². The Morgan fingerprint density at radius 1 is 1.08 bits per heavy atom. The lowest BCUT2D eigenvalue weighted by Crippen LogP contribution is -2.59. The van der Waals surface area contributed by atoms with Crippen molar-refractivity contribution >= 4 is 27.4 Å². The van der Waals surface area contributed by atoms with Gasteiger partial charge in [-0.15, -0.1) is 0 Å². The number of thiol groups is 1. The van der Waals surface area contributed by atoms with E-state index in [1.807, 2.05) is 13.8 Å². The number of carbonyl (C=O) groups is 1. The van der Waals surface area contributed by atoms with Crippen molar-refractivity contribution in [1.82, 2.24) is 0 Å². The van der Waals surface area contributed by atoms with Gasteiger partial charge in [-0.3, -0.25) is 4.79 Å². The average molecular weight is 393 g/mol. The van der Waals surface area contributed by atoms with E-state index in [0.717, 1.165) is 31.1 Å². The van der Waals surface area contributed by atoms with Gasteiger partial charge in [-0.05, 0) is 31.9 Å². The average Bonchev–Trinajstić information content (AvgIpc) is 2.62. The van der Waals surface area contributed by atoms with Gasteiger partial charge in [-0.1, -0.05) is 39.5 Å². The van der Waals surface area contributed by atoms with Crippen LogP contribution in [-0.4, -0.2) is 45.9 Å². The van der Waals surface area contributed by atoms with Gasteiger partial charge in [0.25, 0.3) is 0 Å². The molecule has 0 aromatic rings. The molecule has 0 aliphatic carbocycles. The Morgan fingerprint density at radius 3 is 2.32 bits per heavy atom. The van der Waals surface area contributed by atoms with Crippen molar-refractivity contribution < 1.29 is 22.8 Å². The number of ether oxygens (including phenoxy) is 1. The number of carbonyl (C=O) groups excluding carboxylic acids is 1. The number of unbranched alkanes of at least 4 members (excludes halogenated alkanes) is 4. The summed E-state index contributed by atoms with van der Waals surface area (Å²) in [6, 6.07) is 0.759. The maximum absolute atomic E-state index is 12.2. The predicted octanol–water partition coefficient (Wildman–Crippen LogP) is 4.38. The SMILES string of the molecule is CCCCCCCC(=O)OC1(CC)CO[Si](CCCS)(OCC)OC1. The van der Waals surface area contributed by atoms with E-state index >= 15 is 0 Å². The summed E-state index contributed by atoms with van der Waals surface area (Å²) < 4.78 is 23.7. The molecule has 0 aromatic carbocycles. The molecule has 1 fully saturated rings. The van der Waals surface area contributed by atoms with E-state index in [0.29, 0.717) is 32.7 Å². The molecule has 1 saturated heterocycles. The van der Waals surface area contributed by atoms with Gasteiger partial charge < -0.3 is 18.0 Å². The number of hydrogen-bond donors (Lipinski definition) is 1. The van der Waals surface area contributed by atoms with Crippen LogP contribution in [0.4, 0.5) is 0 Å². The van der Waals surface area contributed by atoms with Crippen molar-refractivity contribution in [3.05, 3.63) is 0 Å². The van der Waals surface area contributed by atoms with Gasteiger partial charge in [-0.2, -0.15) is 12.6 Å². The third-order valence-electron chi connectivity index (χ3n) is 4.57. The van der Waals surface area contributed by atoms with Crippen molar-refractivity contribution in [3.63, 3.8) is 0 Å². The lowest BCUT2D eigenvalue weighted by Gasteiger charge is -2.43. The molecule has 1 rings (SSSR count). The summed E-state index contributed by atoms with van der Waals surface area (Å²) in [5.41, 5.74) is -0.672. The molecule has 0 amide bonds. The first kappa shape index (κ1) is 23.0. The molecule has 0 unspecified atom stereocenters. The molecular weight excluding hydrogens is 356 g/mol. The highest BCUT2D eigenvalue weighted by atomic mass is 32.1. The fourth-order valence-electron chi connectivity index (χ4n) is 2.88. The second-order valence-electron chi connectivity index (χ2n) is 6.70. The predicted molar refractivity (Wildman–Crippen MR) is 105 cm³/mol. The van der Waals surface area contributed by atoms with Crippen molar-refractivity contribution in [3.8, 4) is 0 Å². The standard InChI is InChI=1S/C18H36O5SSi/c1-4-7-8-9-10-12-17(19)23-18(5-2)15-21-25(20-6-3,22-16-18)14-11-13-24/h24H,4-16H2,1-3H3. The minimum Gasteiger partial charge on any atom is -0.454 e. The summed E-state index contributed by atoms with van der Waals surface area (Å²) in [7, 11) is -2.64. The third-order valence-corrected chi connectivity index (χ3v) is 7.75. The summed E-state index contributed by atoms with van der Waals surface area (Å²) in [4.78, 5) is 12.2. The van der Waals surface area contributed by atoms with Crippen LogP contribution in [0.2, 0.25) is 6.04 Å². The molecular formula is C18H36O5SSi. The topological polar surface area (TPSA) is 54.0 Å². The lowest BCUT2D eigenvalue weighted by molar-refractivity contribution is -0.181. The van der Waals surface area contributed by atoms with Crippen molar-refractivity contribution in [2.75, 3.05) is 25.6 Å². The molecule has 1 heterocycles. The molecule has 25 heavy (non-hydrogen) atoms. The monoisotopic (exact) mass is 392 g/mol. The van der Waals surface area contributed by atoms with Crippen LogP contribution in [0.5, 0.6) is 0 Å². The van der Waals surface area contributed by atoms with E-state index in [4.69, 9.17) is 18.0 Å².